The average Bonchev–Trinajstić information content (AvgIpc) is 3.41. The van der Waals surface area contributed by atoms with Crippen LogP contribution in [0.4, 0.5) is 0 Å². The molecule has 0 fully saturated rings. The smallest absolute Gasteiger partial charge is 0.0440 e. The number of benzene rings is 7. The van der Waals surface area contributed by atoms with Crippen LogP contribution in [0.25, 0.3) is 74.7 Å². The Kier molecular flexibility index (Phi) is 5.85. The molecule has 1 N–H and O–H groups in total. The van der Waals surface area contributed by atoms with Gasteiger partial charge in [0.25, 0.3) is 0 Å². The molecule has 0 spiro atoms. The number of aliphatic hydroxyl groups excluding tert-OH is 1. The Bertz CT molecular complexity index is 2130. The summed E-state index contributed by atoms with van der Waals surface area (Å²) in [5, 5.41) is 17.6. The first-order chi connectivity index (χ1) is 19.3. The van der Waals surface area contributed by atoms with Gasteiger partial charge in [-0.25, -0.2) is 0 Å². The molecular formula is C37H26OS. The molecule has 0 aliphatic rings. The van der Waals surface area contributed by atoms with Crippen LogP contribution < -0.4 is 0 Å². The molecule has 0 unspecified atom stereocenters. The lowest BCUT2D eigenvalue weighted by molar-refractivity contribution is 0.399. The molecule has 0 saturated carbocycles. The monoisotopic (exact) mass is 518 g/mol. The molecule has 1 aromatic heterocycles. The molecule has 1 heterocycles. The van der Waals surface area contributed by atoms with Crippen LogP contribution in [0.15, 0.2) is 133 Å². The van der Waals surface area contributed by atoms with E-state index in [4.69, 9.17) is 5.11 Å². The van der Waals surface area contributed by atoms with Crippen molar-refractivity contribution in [1.29, 1.82) is 0 Å². The second-order valence-corrected chi connectivity index (χ2v) is 10.8. The van der Waals surface area contributed by atoms with Gasteiger partial charge in [-0.1, -0.05) is 121 Å². The molecular weight excluding hydrogens is 492 g/mol. The summed E-state index contributed by atoms with van der Waals surface area (Å²) >= 11 is 1.91. The largest absolute Gasteiger partial charge is 0.400 e. The molecule has 0 bridgehead atoms. The minimum atomic E-state index is 1.00. The van der Waals surface area contributed by atoms with Gasteiger partial charge in [0.15, 0.2) is 0 Å². The van der Waals surface area contributed by atoms with Crippen molar-refractivity contribution in [3.63, 3.8) is 0 Å². The predicted molar refractivity (Wildman–Crippen MR) is 171 cm³/mol. The Balaban J connectivity index is 0.00000124. The fourth-order valence-electron chi connectivity index (χ4n) is 5.91. The van der Waals surface area contributed by atoms with Crippen molar-refractivity contribution in [1.82, 2.24) is 0 Å². The van der Waals surface area contributed by atoms with Crippen molar-refractivity contribution < 1.29 is 5.11 Å². The standard InChI is InChI=1S/C36H22S.CH4O/c1-2-10-27-24(8-1)9-7-15-28(27)25-18-16-23(17-19-25)26-20-21-34-33(22-26)35-31-13-5-3-11-29(31)30-12-4-6-14-32(30)36(35)37-34;1-2/h1-22H;2H,1H3. The SMILES string of the molecule is CO.c1ccc2c(-c3ccc(-c4ccc5sc6c7ccccc7c7ccccc7c6c5c4)cc3)cccc2c1. The van der Waals surface area contributed by atoms with E-state index in [1.807, 2.05) is 11.3 Å². The second kappa shape index (κ2) is 9.67. The Morgan fingerprint density at radius 3 is 1.77 bits per heavy atom. The Morgan fingerprint density at radius 1 is 0.436 bits per heavy atom. The number of fused-ring (bicyclic) bond motifs is 9. The van der Waals surface area contributed by atoms with Crippen molar-refractivity contribution in [2.75, 3.05) is 7.11 Å². The zero-order valence-corrected chi connectivity index (χ0v) is 22.4. The number of thiophene rings is 1. The molecule has 2 heteroatoms. The summed E-state index contributed by atoms with van der Waals surface area (Å²) in [6.45, 7) is 0. The van der Waals surface area contributed by atoms with Gasteiger partial charge in [-0.2, -0.15) is 0 Å². The van der Waals surface area contributed by atoms with Crippen molar-refractivity contribution >= 4 is 63.8 Å². The Hall–Kier alpha value is -4.50. The van der Waals surface area contributed by atoms with Gasteiger partial charge in [0.05, 0.1) is 0 Å². The zero-order valence-electron chi connectivity index (χ0n) is 21.6. The van der Waals surface area contributed by atoms with E-state index in [0.29, 0.717) is 0 Å². The first-order valence-corrected chi connectivity index (χ1v) is 14.0. The maximum Gasteiger partial charge on any atom is 0.0440 e. The van der Waals surface area contributed by atoms with Crippen LogP contribution in [-0.2, 0) is 0 Å². The molecule has 7 aromatic carbocycles. The van der Waals surface area contributed by atoms with Gasteiger partial charge in [0, 0.05) is 32.7 Å². The van der Waals surface area contributed by atoms with E-state index >= 15 is 0 Å². The highest BCUT2D eigenvalue weighted by molar-refractivity contribution is 7.27. The van der Waals surface area contributed by atoms with E-state index in [1.165, 1.54) is 74.7 Å². The quantitative estimate of drug-likeness (QED) is 0.226. The highest BCUT2D eigenvalue weighted by Gasteiger charge is 2.14. The van der Waals surface area contributed by atoms with E-state index < -0.39 is 0 Å². The summed E-state index contributed by atoms with van der Waals surface area (Å²) in [6, 6.07) is 48.9. The predicted octanol–water partition coefficient (Wildman–Crippen LogP) is 10.5. The first-order valence-electron chi connectivity index (χ1n) is 13.1. The molecule has 39 heavy (non-hydrogen) atoms. The minimum absolute atomic E-state index is 1.00. The molecule has 0 atom stereocenters. The van der Waals surface area contributed by atoms with E-state index in [2.05, 4.69) is 133 Å². The van der Waals surface area contributed by atoms with Gasteiger partial charge in [-0.15, -0.1) is 11.3 Å². The summed E-state index contributed by atoms with van der Waals surface area (Å²) < 4.78 is 2.72. The summed E-state index contributed by atoms with van der Waals surface area (Å²) in [6.07, 6.45) is 0. The van der Waals surface area contributed by atoms with Crippen molar-refractivity contribution in [2.24, 2.45) is 0 Å². The molecule has 0 aliphatic heterocycles. The molecule has 8 rings (SSSR count). The molecule has 0 amide bonds. The van der Waals surface area contributed by atoms with Crippen LogP contribution in [0.5, 0.6) is 0 Å². The van der Waals surface area contributed by atoms with Gasteiger partial charge < -0.3 is 5.11 Å². The summed E-state index contributed by atoms with van der Waals surface area (Å²) in [5.74, 6) is 0. The van der Waals surface area contributed by atoms with E-state index in [0.717, 1.165) is 7.11 Å². The van der Waals surface area contributed by atoms with E-state index in [1.54, 1.807) is 0 Å². The van der Waals surface area contributed by atoms with Gasteiger partial charge in [0.1, 0.15) is 0 Å². The summed E-state index contributed by atoms with van der Waals surface area (Å²) in [7, 11) is 1.00. The summed E-state index contributed by atoms with van der Waals surface area (Å²) in [4.78, 5) is 0. The van der Waals surface area contributed by atoms with Crippen molar-refractivity contribution in [3.05, 3.63) is 133 Å². The second-order valence-electron chi connectivity index (χ2n) is 9.71. The summed E-state index contributed by atoms with van der Waals surface area (Å²) in [5.41, 5.74) is 5.03. The molecule has 0 aliphatic carbocycles. The number of rotatable bonds is 2. The normalized spacial score (nSPS) is 11.3. The fraction of sp³-hybridized carbons (Fsp3) is 0.0270. The molecule has 0 saturated heterocycles. The van der Waals surface area contributed by atoms with Gasteiger partial charge in [-0.05, 0) is 61.3 Å². The number of hydrogen-bond donors (Lipinski definition) is 1. The molecule has 1 nitrogen and oxygen atoms in total. The number of aliphatic hydroxyl groups is 1. The van der Waals surface area contributed by atoms with E-state index in [9.17, 15) is 0 Å². The lowest BCUT2D eigenvalue weighted by Gasteiger charge is -2.09. The third-order valence-corrected chi connectivity index (χ3v) is 8.87. The Labute approximate surface area is 231 Å². The maximum atomic E-state index is 7.00. The molecule has 8 aromatic rings. The lowest BCUT2D eigenvalue weighted by Crippen LogP contribution is -1.83. The third kappa shape index (κ3) is 3.80. The van der Waals surface area contributed by atoms with Crippen LogP contribution in [0.1, 0.15) is 0 Å². The number of hydrogen-bond acceptors (Lipinski definition) is 2. The molecule has 186 valence electrons. The highest BCUT2D eigenvalue weighted by atomic mass is 32.1. The topological polar surface area (TPSA) is 20.2 Å². The minimum Gasteiger partial charge on any atom is -0.400 e. The maximum absolute atomic E-state index is 7.00. The van der Waals surface area contributed by atoms with Crippen LogP contribution in [0, 0.1) is 0 Å². The van der Waals surface area contributed by atoms with Crippen LogP contribution >= 0.6 is 11.3 Å². The van der Waals surface area contributed by atoms with Crippen LogP contribution in [0.2, 0.25) is 0 Å². The third-order valence-electron chi connectivity index (χ3n) is 7.67. The van der Waals surface area contributed by atoms with Gasteiger partial charge in [-0.3, -0.25) is 0 Å². The first kappa shape index (κ1) is 23.6. The highest BCUT2D eigenvalue weighted by Crippen LogP contribution is 2.44. The van der Waals surface area contributed by atoms with Crippen LogP contribution in [-0.4, -0.2) is 12.2 Å². The Morgan fingerprint density at radius 2 is 1.00 bits per heavy atom. The van der Waals surface area contributed by atoms with Crippen molar-refractivity contribution in [2.45, 2.75) is 0 Å². The van der Waals surface area contributed by atoms with Crippen LogP contribution in [0.3, 0.4) is 0 Å². The lowest BCUT2D eigenvalue weighted by atomic mass is 9.94. The zero-order chi connectivity index (χ0) is 26.3. The van der Waals surface area contributed by atoms with Gasteiger partial charge in [0.2, 0.25) is 0 Å². The van der Waals surface area contributed by atoms with Crippen molar-refractivity contribution in [3.8, 4) is 22.3 Å². The van der Waals surface area contributed by atoms with Gasteiger partial charge >= 0.3 is 0 Å². The average molecular weight is 519 g/mol. The molecule has 0 radical (unpaired) electrons. The fourth-order valence-corrected chi connectivity index (χ4v) is 7.14. The van der Waals surface area contributed by atoms with E-state index in [-0.39, 0.29) is 0 Å².